The van der Waals surface area contributed by atoms with Gasteiger partial charge < -0.3 is 9.26 Å². The summed E-state index contributed by atoms with van der Waals surface area (Å²) in [6.45, 7) is 3.81. The van der Waals surface area contributed by atoms with Crippen LogP contribution >= 0.6 is 7.37 Å². The first kappa shape index (κ1) is 22.6. The van der Waals surface area contributed by atoms with Crippen molar-refractivity contribution in [3.05, 3.63) is 0 Å². The van der Waals surface area contributed by atoms with Crippen LogP contribution < -0.4 is 0 Å². The van der Waals surface area contributed by atoms with Crippen LogP contribution in [0.5, 0.6) is 0 Å². The summed E-state index contributed by atoms with van der Waals surface area (Å²) in [4.78, 5) is 12.3. The van der Waals surface area contributed by atoms with Crippen molar-refractivity contribution < 1.29 is 31.2 Å². The first-order valence-corrected chi connectivity index (χ1v) is 12.7. The number of hydrogen-bond donors (Lipinski definition) is 0. The van der Waals surface area contributed by atoms with Crippen molar-refractivity contribution in [2.24, 2.45) is 11.8 Å². The van der Waals surface area contributed by atoms with Gasteiger partial charge in [-0.05, 0) is 26.2 Å². The minimum atomic E-state index is -3.74. The third-order valence-electron chi connectivity index (χ3n) is 4.29. The molecule has 0 heterocycles. The molecular formula is C16H31O7PS. The highest BCUT2D eigenvalue weighted by Crippen LogP contribution is 2.50. The van der Waals surface area contributed by atoms with Crippen molar-refractivity contribution in [2.75, 3.05) is 32.0 Å². The Morgan fingerprint density at radius 2 is 1.80 bits per heavy atom. The molecule has 2 atom stereocenters. The number of carbonyl (C=O) groups excluding carboxylic acids is 1. The van der Waals surface area contributed by atoms with Gasteiger partial charge in [0.2, 0.25) is 7.37 Å². The van der Waals surface area contributed by atoms with Gasteiger partial charge in [-0.3, -0.25) is 13.5 Å². The predicted molar refractivity (Wildman–Crippen MR) is 96.2 cm³/mol. The zero-order chi connectivity index (χ0) is 18.9. The molecule has 0 saturated heterocycles. The minimum Gasteiger partial charge on any atom is -0.466 e. The zero-order valence-corrected chi connectivity index (χ0v) is 17.1. The van der Waals surface area contributed by atoms with E-state index in [-0.39, 0.29) is 19.4 Å². The van der Waals surface area contributed by atoms with Crippen molar-refractivity contribution in [1.29, 1.82) is 0 Å². The maximum absolute atomic E-state index is 13.0. The lowest BCUT2D eigenvalue weighted by Crippen LogP contribution is -2.26. The number of carbonyl (C=O) groups is 1. The van der Waals surface area contributed by atoms with Crippen LogP contribution in [-0.4, -0.2) is 46.4 Å². The molecular weight excluding hydrogens is 367 g/mol. The molecule has 0 aromatic heterocycles. The number of hydrogen-bond acceptors (Lipinski definition) is 7. The molecule has 0 aliphatic heterocycles. The number of esters is 1. The summed E-state index contributed by atoms with van der Waals surface area (Å²) < 4.78 is 50.6. The van der Waals surface area contributed by atoms with E-state index in [0.29, 0.717) is 12.3 Å². The van der Waals surface area contributed by atoms with E-state index in [1.165, 1.54) is 6.42 Å². The van der Waals surface area contributed by atoms with Gasteiger partial charge in [0, 0.05) is 6.16 Å². The predicted octanol–water partition coefficient (Wildman–Crippen LogP) is 3.38. The summed E-state index contributed by atoms with van der Waals surface area (Å²) in [5, 5.41) is 0. The Kier molecular flexibility index (Phi) is 9.64. The maximum atomic E-state index is 13.0. The molecule has 1 aliphatic carbocycles. The van der Waals surface area contributed by atoms with Gasteiger partial charge in [0.25, 0.3) is 10.1 Å². The molecule has 2 unspecified atom stereocenters. The van der Waals surface area contributed by atoms with Gasteiger partial charge in [-0.2, -0.15) is 8.42 Å². The molecule has 9 heteroatoms. The molecule has 1 saturated carbocycles. The summed E-state index contributed by atoms with van der Waals surface area (Å²) in [6.07, 6.45) is 6.49. The van der Waals surface area contributed by atoms with Gasteiger partial charge in [0.1, 0.15) is 6.35 Å². The van der Waals surface area contributed by atoms with E-state index < -0.39 is 35.7 Å². The van der Waals surface area contributed by atoms with Crippen LogP contribution in [0.25, 0.3) is 0 Å². The minimum absolute atomic E-state index is 0.0499. The van der Waals surface area contributed by atoms with Crippen LogP contribution in [0.3, 0.4) is 0 Å². The third-order valence-corrected chi connectivity index (χ3v) is 7.26. The van der Waals surface area contributed by atoms with Crippen molar-refractivity contribution in [3.63, 3.8) is 0 Å². The normalized spacial score (nSPS) is 20.0. The Hall–Kier alpha value is -0.430. The van der Waals surface area contributed by atoms with Crippen molar-refractivity contribution >= 4 is 23.5 Å². The molecule has 0 bridgehead atoms. The smallest absolute Gasteiger partial charge is 0.309 e. The molecule has 0 spiro atoms. The van der Waals surface area contributed by atoms with Crippen molar-refractivity contribution in [1.82, 2.24) is 0 Å². The quantitative estimate of drug-likeness (QED) is 0.299. The van der Waals surface area contributed by atoms with E-state index in [1.54, 1.807) is 13.8 Å². The Balaban J connectivity index is 2.85. The van der Waals surface area contributed by atoms with Crippen LogP contribution in [0.15, 0.2) is 0 Å². The number of rotatable bonds is 11. The Labute approximate surface area is 151 Å². The average molecular weight is 398 g/mol. The van der Waals surface area contributed by atoms with Crippen LogP contribution in [0.4, 0.5) is 0 Å². The van der Waals surface area contributed by atoms with Gasteiger partial charge >= 0.3 is 5.97 Å². The van der Waals surface area contributed by atoms with Gasteiger partial charge in [-0.15, -0.1) is 0 Å². The molecule has 0 aromatic rings. The second-order valence-corrected chi connectivity index (χ2v) is 10.7. The van der Waals surface area contributed by atoms with Crippen molar-refractivity contribution in [2.45, 2.75) is 52.4 Å². The molecule has 7 nitrogen and oxygen atoms in total. The zero-order valence-electron chi connectivity index (χ0n) is 15.4. The first-order valence-electron chi connectivity index (χ1n) is 8.92. The highest BCUT2D eigenvalue weighted by atomic mass is 32.2. The highest BCUT2D eigenvalue weighted by molar-refractivity contribution is 7.86. The monoisotopic (exact) mass is 398 g/mol. The lowest BCUT2D eigenvalue weighted by molar-refractivity contribution is -0.148. The lowest BCUT2D eigenvalue weighted by atomic mass is 9.83. The van der Waals surface area contributed by atoms with Gasteiger partial charge in [-0.25, -0.2) is 0 Å². The molecule has 0 N–H and O–H groups in total. The molecule has 1 rings (SSSR count). The van der Waals surface area contributed by atoms with Crippen LogP contribution in [0, 0.1) is 11.8 Å². The summed E-state index contributed by atoms with van der Waals surface area (Å²) >= 11 is 0. The molecule has 0 radical (unpaired) electrons. The van der Waals surface area contributed by atoms with E-state index in [2.05, 4.69) is 0 Å². The lowest BCUT2D eigenvalue weighted by Gasteiger charge is -2.27. The third kappa shape index (κ3) is 9.18. The molecule has 1 aliphatic rings. The van der Waals surface area contributed by atoms with E-state index in [4.69, 9.17) is 13.4 Å². The fraction of sp³-hybridized carbons (Fsp3) is 0.938. The van der Waals surface area contributed by atoms with E-state index in [9.17, 15) is 17.8 Å². The van der Waals surface area contributed by atoms with Crippen LogP contribution in [-0.2, 0) is 32.9 Å². The van der Waals surface area contributed by atoms with E-state index in [1.807, 2.05) is 0 Å². The molecule has 0 amide bonds. The second-order valence-electron chi connectivity index (χ2n) is 6.55. The molecule has 1 fully saturated rings. The van der Waals surface area contributed by atoms with E-state index in [0.717, 1.165) is 31.9 Å². The van der Waals surface area contributed by atoms with E-state index >= 15 is 0 Å². The Morgan fingerprint density at radius 1 is 1.16 bits per heavy atom. The molecule has 25 heavy (non-hydrogen) atoms. The standard InChI is InChI=1S/C16H31O7PS/c1-4-21-16(17)15(11-14-9-7-6-8-10-14)12-24(18,22-5-2)13-23-25(3,19)20/h14-15H,4-13H2,1-3H3. The Bertz CT molecular complexity index is 555. The first-order chi connectivity index (χ1) is 11.7. The van der Waals surface area contributed by atoms with Crippen LogP contribution in [0.1, 0.15) is 52.4 Å². The topological polar surface area (TPSA) is 96.0 Å². The summed E-state index contributed by atoms with van der Waals surface area (Å²) in [7, 11) is -7.16. The Morgan fingerprint density at radius 3 is 2.32 bits per heavy atom. The fourth-order valence-electron chi connectivity index (χ4n) is 3.22. The maximum Gasteiger partial charge on any atom is 0.309 e. The molecule has 148 valence electrons. The van der Waals surface area contributed by atoms with Gasteiger partial charge in [-0.1, -0.05) is 32.1 Å². The fourth-order valence-corrected chi connectivity index (χ4v) is 6.35. The highest BCUT2D eigenvalue weighted by Gasteiger charge is 2.35. The van der Waals surface area contributed by atoms with Gasteiger partial charge in [0.05, 0.1) is 25.4 Å². The number of ether oxygens (including phenoxy) is 1. The molecule has 0 aromatic carbocycles. The SMILES string of the molecule is CCOC(=O)C(CC1CCCCC1)CP(=O)(COS(C)(=O)=O)OCC. The van der Waals surface area contributed by atoms with Gasteiger partial charge in [0.15, 0.2) is 0 Å². The van der Waals surface area contributed by atoms with Crippen LogP contribution in [0.2, 0.25) is 0 Å². The summed E-state index contributed by atoms with van der Waals surface area (Å²) in [6, 6.07) is 0. The average Bonchev–Trinajstić information content (AvgIpc) is 2.53. The summed E-state index contributed by atoms with van der Waals surface area (Å²) in [5.74, 6) is -0.565. The largest absolute Gasteiger partial charge is 0.466 e. The summed E-state index contributed by atoms with van der Waals surface area (Å²) in [5.41, 5.74) is 0. The van der Waals surface area contributed by atoms with Crippen molar-refractivity contribution in [3.8, 4) is 0 Å². The second kappa shape index (κ2) is 10.7.